The molecule has 7 heteroatoms. The number of benzene rings is 2. The zero-order chi connectivity index (χ0) is 19.4. The maximum atomic E-state index is 12.6. The molecular formula is C20H16ClN3O3. The standard InChI is InChI=1S/C20H16ClN3O3/c21-15-5-3-4-13(10-15)11-24-12-14(8-9-18(24)25)20(27)23-17-7-2-1-6-16(17)19(22)26/h1-10,12H,11H2,(H2,22,26)(H,23,27). The molecule has 0 spiro atoms. The lowest BCUT2D eigenvalue weighted by molar-refractivity contribution is 0.100. The van der Waals surface area contributed by atoms with E-state index in [1.54, 1.807) is 36.4 Å². The minimum atomic E-state index is -0.642. The first-order valence-corrected chi connectivity index (χ1v) is 8.47. The number of carbonyl (C=O) groups is 2. The summed E-state index contributed by atoms with van der Waals surface area (Å²) in [6, 6.07) is 16.3. The summed E-state index contributed by atoms with van der Waals surface area (Å²) in [7, 11) is 0. The predicted octanol–water partition coefficient (Wildman–Crippen LogP) is 2.90. The Bertz CT molecular complexity index is 1080. The fourth-order valence-corrected chi connectivity index (χ4v) is 2.84. The molecule has 0 aliphatic rings. The number of hydrogen-bond acceptors (Lipinski definition) is 3. The number of hydrogen-bond donors (Lipinski definition) is 2. The summed E-state index contributed by atoms with van der Waals surface area (Å²) in [5.74, 6) is -1.10. The first-order chi connectivity index (χ1) is 12.9. The molecule has 27 heavy (non-hydrogen) atoms. The van der Waals surface area contributed by atoms with Gasteiger partial charge in [0, 0.05) is 17.3 Å². The van der Waals surface area contributed by atoms with Crippen LogP contribution in [0, 0.1) is 0 Å². The Morgan fingerprint density at radius 2 is 1.81 bits per heavy atom. The van der Waals surface area contributed by atoms with Crippen molar-refractivity contribution in [1.29, 1.82) is 0 Å². The second-order valence-corrected chi connectivity index (χ2v) is 6.31. The molecule has 3 aromatic rings. The van der Waals surface area contributed by atoms with Crippen LogP contribution in [0.25, 0.3) is 0 Å². The van der Waals surface area contributed by atoms with Crippen molar-refractivity contribution in [2.24, 2.45) is 5.73 Å². The molecule has 2 amide bonds. The molecule has 3 rings (SSSR count). The SMILES string of the molecule is NC(=O)c1ccccc1NC(=O)c1ccc(=O)n(Cc2cccc(Cl)c2)c1. The van der Waals surface area contributed by atoms with Crippen molar-refractivity contribution >= 4 is 29.1 Å². The number of halogens is 1. The Hall–Kier alpha value is -3.38. The van der Waals surface area contributed by atoms with Crippen LogP contribution in [0.3, 0.4) is 0 Å². The Morgan fingerprint density at radius 3 is 2.56 bits per heavy atom. The van der Waals surface area contributed by atoms with Crippen molar-refractivity contribution in [2.45, 2.75) is 6.54 Å². The molecule has 6 nitrogen and oxygen atoms in total. The fraction of sp³-hybridized carbons (Fsp3) is 0.0500. The molecule has 0 aliphatic carbocycles. The lowest BCUT2D eigenvalue weighted by Gasteiger charge is -2.11. The number of rotatable bonds is 5. The quantitative estimate of drug-likeness (QED) is 0.711. The van der Waals surface area contributed by atoms with E-state index in [1.165, 1.54) is 29.0 Å². The maximum absolute atomic E-state index is 12.6. The molecule has 136 valence electrons. The number of nitrogens with one attached hydrogen (secondary N) is 1. The average Bonchev–Trinajstić information content (AvgIpc) is 2.64. The molecule has 3 N–H and O–H groups in total. The van der Waals surface area contributed by atoms with Gasteiger partial charge in [0.05, 0.1) is 23.4 Å². The van der Waals surface area contributed by atoms with Crippen LogP contribution in [0.1, 0.15) is 26.3 Å². The van der Waals surface area contributed by atoms with Gasteiger partial charge in [-0.15, -0.1) is 0 Å². The second-order valence-electron chi connectivity index (χ2n) is 5.88. The molecule has 0 saturated heterocycles. The monoisotopic (exact) mass is 381 g/mol. The van der Waals surface area contributed by atoms with Gasteiger partial charge in [-0.25, -0.2) is 0 Å². The van der Waals surface area contributed by atoms with Crippen LogP contribution >= 0.6 is 11.6 Å². The van der Waals surface area contributed by atoms with Crippen molar-refractivity contribution in [2.75, 3.05) is 5.32 Å². The number of amides is 2. The number of nitrogens with zero attached hydrogens (tertiary/aromatic N) is 1. The summed E-state index contributed by atoms with van der Waals surface area (Å²) in [6.45, 7) is 0.276. The van der Waals surface area contributed by atoms with E-state index in [2.05, 4.69) is 5.32 Å². The van der Waals surface area contributed by atoms with E-state index in [-0.39, 0.29) is 23.2 Å². The van der Waals surface area contributed by atoms with Gasteiger partial charge in [0.1, 0.15) is 0 Å². The molecule has 0 unspecified atom stereocenters. The highest BCUT2D eigenvalue weighted by Crippen LogP contribution is 2.16. The second kappa shape index (κ2) is 7.88. The molecule has 0 radical (unpaired) electrons. The van der Waals surface area contributed by atoms with E-state index in [1.807, 2.05) is 6.07 Å². The van der Waals surface area contributed by atoms with Gasteiger partial charge < -0.3 is 15.6 Å². The van der Waals surface area contributed by atoms with Crippen LogP contribution in [-0.4, -0.2) is 16.4 Å². The van der Waals surface area contributed by atoms with Gasteiger partial charge in [0.25, 0.3) is 17.4 Å². The van der Waals surface area contributed by atoms with Crippen molar-refractivity contribution in [3.05, 3.63) is 98.9 Å². The zero-order valence-corrected chi connectivity index (χ0v) is 14.9. The molecule has 2 aromatic carbocycles. The average molecular weight is 382 g/mol. The molecule has 0 saturated carbocycles. The summed E-state index contributed by atoms with van der Waals surface area (Å²) >= 11 is 5.97. The molecule has 0 atom stereocenters. The van der Waals surface area contributed by atoms with Crippen LogP contribution < -0.4 is 16.6 Å². The first-order valence-electron chi connectivity index (χ1n) is 8.09. The van der Waals surface area contributed by atoms with Crippen LogP contribution in [0.15, 0.2) is 71.7 Å². The van der Waals surface area contributed by atoms with Gasteiger partial charge in [-0.3, -0.25) is 14.4 Å². The van der Waals surface area contributed by atoms with Crippen LogP contribution in [0.4, 0.5) is 5.69 Å². The van der Waals surface area contributed by atoms with E-state index in [9.17, 15) is 14.4 Å². The van der Waals surface area contributed by atoms with Gasteiger partial charge in [-0.05, 0) is 35.9 Å². The summed E-state index contributed by atoms with van der Waals surface area (Å²) in [6.07, 6.45) is 1.46. The Labute approximate surface area is 160 Å². The Balaban J connectivity index is 1.86. The minimum Gasteiger partial charge on any atom is -0.366 e. The number of para-hydroxylation sites is 1. The third kappa shape index (κ3) is 4.43. The lowest BCUT2D eigenvalue weighted by Crippen LogP contribution is -2.23. The number of anilines is 1. The van der Waals surface area contributed by atoms with E-state index in [4.69, 9.17) is 17.3 Å². The summed E-state index contributed by atoms with van der Waals surface area (Å²) in [5.41, 5.74) is 6.70. The van der Waals surface area contributed by atoms with E-state index in [0.29, 0.717) is 10.7 Å². The van der Waals surface area contributed by atoms with Crippen LogP contribution in [0.2, 0.25) is 5.02 Å². The predicted molar refractivity (Wildman–Crippen MR) is 104 cm³/mol. The normalized spacial score (nSPS) is 10.4. The lowest BCUT2D eigenvalue weighted by atomic mass is 10.1. The minimum absolute atomic E-state index is 0.207. The Kier molecular flexibility index (Phi) is 5.38. The van der Waals surface area contributed by atoms with Crippen molar-refractivity contribution in [1.82, 2.24) is 4.57 Å². The van der Waals surface area contributed by atoms with Crippen molar-refractivity contribution < 1.29 is 9.59 Å². The summed E-state index contributed by atoms with van der Waals surface area (Å²) in [4.78, 5) is 36.2. The third-order valence-electron chi connectivity index (χ3n) is 3.93. The van der Waals surface area contributed by atoms with Crippen molar-refractivity contribution in [3.8, 4) is 0 Å². The first kappa shape index (κ1) is 18.4. The smallest absolute Gasteiger partial charge is 0.257 e. The number of aromatic nitrogens is 1. The summed E-state index contributed by atoms with van der Waals surface area (Å²) in [5, 5.41) is 3.22. The van der Waals surface area contributed by atoms with Crippen molar-refractivity contribution in [3.63, 3.8) is 0 Å². The molecular weight excluding hydrogens is 366 g/mol. The highest BCUT2D eigenvalue weighted by Gasteiger charge is 2.13. The largest absolute Gasteiger partial charge is 0.366 e. The summed E-state index contributed by atoms with van der Waals surface area (Å²) < 4.78 is 1.42. The van der Waals surface area contributed by atoms with Gasteiger partial charge >= 0.3 is 0 Å². The van der Waals surface area contributed by atoms with Crippen LogP contribution in [-0.2, 0) is 6.54 Å². The maximum Gasteiger partial charge on any atom is 0.257 e. The zero-order valence-electron chi connectivity index (χ0n) is 14.2. The molecule has 1 heterocycles. The van der Waals surface area contributed by atoms with Gasteiger partial charge in [-0.2, -0.15) is 0 Å². The molecule has 1 aromatic heterocycles. The topological polar surface area (TPSA) is 94.2 Å². The van der Waals surface area contributed by atoms with E-state index >= 15 is 0 Å². The number of pyridine rings is 1. The highest BCUT2D eigenvalue weighted by atomic mass is 35.5. The Morgan fingerprint density at radius 1 is 1.04 bits per heavy atom. The van der Waals surface area contributed by atoms with E-state index < -0.39 is 11.8 Å². The van der Waals surface area contributed by atoms with Gasteiger partial charge in [0.15, 0.2) is 0 Å². The highest BCUT2D eigenvalue weighted by molar-refractivity contribution is 6.30. The van der Waals surface area contributed by atoms with Gasteiger partial charge in [0.2, 0.25) is 0 Å². The number of carbonyl (C=O) groups excluding carboxylic acids is 2. The van der Waals surface area contributed by atoms with Gasteiger partial charge in [-0.1, -0.05) is 35.9 Å². The van der Waals surface area contributed by atoms with E-state index in [0.717, 1.165) is 5.56 Å². The third-order valence-corrected chi connectivity index (χ3v) is 4.16. The fourth-order valence-electron chi connectivity index (χ4n) is 2.62. The molecule has 0 aliphatic heterocycles. The molecule has 0 bridgehead atoms. The molecule has 0 fully saturated rings. The van der Waals surface area contributed by atoms with Crippen LogP contribution in [0.5, 0.6) is 0 Å². The number of nitrogens with two attached hydrogens (primary N) is 1. The number of primary amides is 1.